The van der Waals surface area contributed by atoms with Gasteiger partial charge >= 0.3 is 0 Å². The molecule has 9 heteroatoms. The van der Waals surface area contributed by atoms with Gasteiger partial charge in [-0.25, -0.2) is 14.4 Å². The normalized spacial score (nSPS) is 15.0. The summed E-state index contributed by atoms with van der Waals surface area (Å²) < 4.78 is 21.7. The lowest BCUT2D eigenvalue weighted by atomic mass is 10.1. The predicted molar refractivity (Wildman–Crippen MR) is 127 cm³/mol. The first kappa shape index (κ1) is 21.1. The second-order valence-corrected chi connectivity index (χ2v) is 8.20. The maximum Gasteiger partial charge on any atom is 0.229 e. The number of hydrogen-bond acceptors (Lipinski definition) is 7. The molecule has 0 saturated carbocycles. The number of imidazole rings is 1. The highest BCUT2D eigenvalue weighted by Crippen LogP contribution is 2.32. The zero-order chi connectivity index (χ0) is 22.8. The van der Waals surface area contributed by atoms with Gasteiger partial charge in [0.15, 0.2) is 5.65 Å². The molecule has 0 atom stereocenters. The molecule has 0 radical (unpaired) electrons. The van der Waals surface area contributed by atoms with E-state index >= 15 is 0 Å². The number of piperidine rings is 1. The Bertz CT molecular complexity index is 1250. The van der Waals surface area contributed by atoms with Crippen LogP contribution in [0.25, 0.3) is 11.2 Å². The number of rotatable bonds is 6. The molecular formula is C24H26FN7O. The number of halogens is 1. The van der Waals surface area contributed by atoms with Gasteiger partial charge in [0, 0.05) is 11.7 Å². The highest BCUT2D eigenvalue weighted by Gasteiger charge is 2.25. The van der Waals surface area contributed by atoms with Crippen LogP contribution in [0, 0.1) is 5.82 Å². The van der Waals surface area contributed by atoms with Crippen molar-refractivity contribution in [3.8, 4) is 5.75 Å². The van der Waals surface area contributed by atoms with E-state index in [1.165, 1.54) is 6.07 Å². The largest absolute Gasteiger partial charge is 0.497 e. The minimum absolute atomic E-state index is 0.198. The van der Waals surface area contributed by atoms with Gasteiger partial charge in [0.2, 0.25) is 11.9 Å². The molecule has 33 heavy (non-hydrogen) atoms. The van der Waals surface area contributed by atoms with E-state index in [1.54, 1.807) is 31.5 Å². The van der Waals surface area contributed by atoms with E-state index < -0.39 is 0 Å². The number of aromatic nitrogens is 4. The van der Waals surface area contributed by atoms with E-state index in [0.717, 1.165) is 43.0 Å². The van der Waals surface area contributed by atoms with Crippen LogP contribution in [-0.4, -0.2) is 51.7 Å². The second kappa shape index (κ2) is 9.03. The first-order valence-electron chi connectivity index (χ1n) is 11.0. The molecule has 170 valence electrons. The topological polar surface area (TPSA) is 80.1 Å². The van der Waals surface area contributed by atoms with E-state index in [1.807, 2.05) is 24.3 Å². The van der Waals surface area contributed by atoms with Gasteiger partial charge in [-0.2, -0.15) is 4.98 Å². The summed E-state index contributed by atoms with van der Waals surface area (Å²) in [5.74, 6) is 1.49. The number of fused-ring (bicyclic) bond motifs is 1. The Morgan fingerprint density at radius 3 is 2.48 bits per heavy atom. The third-order valence-electron chi connectivity index (χ3n) is 5.95. The van der Waals surface area contributed by atoms with Crippen molar-refractivity contribution in [3.63, 3.8) is 0 Å². The van der Waals surface area contributed by atoms with Crippen LogP contribution in [0.15, 0.2) is 54.7 Å². The van der Waals surface area contributed by atoms with Crippen molar-refractivity contribution in [1.82, 2.24) is 24.4 Å². The fourth-order valence-electron chi connectivity index (χ4n) is 4.12. The van der Waals surface area contributed by atoms with E-state index in [4.69, 9.17) is 14.7 Å². The number of likely N-dealkylation sites (tertiary alicyclic amines) is 1. The molecule has 0 aliphatic carbocycles. The Kier molecular flexibility index (Phi) is 5.78. The summed E-state index contributed by atoms with van der Waals surface area (Å²) in [5.41, 5.74) is 2.61. The van der Waals surface area contributed by atoms with Crippen molar-refractivity contribution in [2.24, 2.45) is 0 Å². The van der Waals surface area contributed by atoms with Crippen LogP contribution in [0.4, 0.5) is 27.7 Å². The van der Waals surface area contributed by atoms with E-state index in [9.17, 15) is 4.39 Å². The fraction of sp³-hybridized carbons (Fsp3) is 0.292. The number of hydrogen-bond donors (Lipinski definition) is 2. The van der Waals surface area contributed by atoms with Crippen molar-refractivity contribution in [3.05, 3.63) is 60.5 Å². The summed E-state index contributed by atoms with van der Waals surface area (Å²) in [5, 5.41) is 6.43. The van der Waals surface area contributed by atoms with E-state index in [-0.39, 0.29) is 11.9 Å². The maximum atomic E-state index is 14.4. The standard InChI is InChI=1S/C24H26FN7O/c1-31-13-11-17(12-14-31)32-22-21(29-24(32)28-20-6-4-3-5-19(20)25)15-26-23(30-22)27-16-7-9-18(33-2)10-8-16/h3-10,15,17H,11-14H2,1-2H3,(H,28,29)(H,26,27,30). The quantitative estimate of drug-likeness (QED) is 0.442. The van der Waals surface area contributed by atoms with Crippen molar-refractivity contribution in [1.29, 1.82) is 0 Å². The lowest BCUT2D eigenvalue weighted by Gasteiger charge is -2.30. The van der Waals surface area contributed by atoms with Crippen LogP contribution in [0.1, 0.15) is 18.9 Å². The number of nitrogens with one attached hydrogen (secondary N) is 2. The number of methoxy groups -OCH3 is 1. The van der Waals surface area contributed by atoms with Crippen molar-refractivity contribution in [2.45, 2.75) is 18.9 Å². The fourth-order valence-corrected chi connectivity index (χ4v) is 4.12. The Morgan fingerprint density at radius 1 is 1.00 bits per heavy atom. The summed E-state index contributed by atoms with van der Waals surface area (Å²) in [6, 6.07) is 14.4. The van der Waals surface area contributed by atoms with Gasteiger partial charge in [-0.3, -0.25) is 4.57 Å². The minimum atomic E-state index is -0.326. The molecule has 1 aliphatic rings. The Hall–Kier alpha value is -3.72. The van der Waals surface area contributed by atoms with Gasteiger partial charge in [0.25, 0.3) is 0 Å². The first-order chi connectivity index (χ1) is 16.1. The molecule has 8 nitrogen and oxygen atoms in total. The summed E-state index contributed by atoms with van der Waals surface area (Å²) in [6.45, 7) is 1.96. The minimum Gasteiger partial charge on any atom is -0.497 e. The van der Waals surface area contributed by atoms with Crippen LogP contribution in [0.5, 0.6) is 5.75 Å². The maximum absolute atomic E-state index is 14.4. The van der Waals surface area contributed by atoms with E-state index in [2.05, 4.69) is 32.1 Å². The first-order valence-corrected chi connectivity index (χ1v) is 11.0. The second-order valence-electron chi connectivity index (χ2n) is 8.20. The lowest BCUT2D eigenvalue weighted by molar-refractivity contribution is 0.224. The van der Waals surface area contributed by atoms with Crippen LogP contribution in [-0.2, 0) is 0 Å². The molecule has 0 bridgehead atoms. The zero-order valence-electron chi connectivity index (χ0n) is 18.6. The Balaban J connectivity index is 1.53. The number of benzene rings is 2. The molecule has 0 amide bonds. The molecule has 5 rings (SSSR count). The van der Waals surface area contributed by atoms with Crippen LogP contribution < -0.4 is 15.4 Å². The summed E-state index contributed by atoms with van der Waals surface area (Å²) in [7, 11) is 3.76. The molecule has 0 spiro atoms. The molecule has 1 aliphatic heterocycles. The molecule has 2 aromatic carbocycles. The number of para-hydroxylation sites is 1. The number of ether oxygens (including phenoxy) is 1. The van der Waals surface area contributed by atoms with Gasteiger partial charge in [0.1, 0.15) is 17.1 Å². The Labute approximate surface area is 191 Å². The number of nitrogens with zero attached hydrogens (tertiary/aromatic N) is 5. The Morgan fingerprint density at radius 2 is 1.76 bits per heavy atom. The third-order valence-corrected chi connectivity index (χ3v) is 5.95. The third kappa shape index (κ3) is 4.45. The molecule has 2 aromatic heterocycles. The summed E-state index contributed by atoms with van der Waals surface area (Å²) >= 11 is 0. The molecule has 0 unspecified atom stereocenters. The van der Waals surface area contributed by atoms with E-state index in [0.29, 0.717) is 23.1 Å². The molecule has 1 fully saturated rings. The molecule has 2 N–H and O–H groups in total. The molecule has 3 heterocycles. The van der Waals surface area contributed by atoms with Crippen molar-refractivity contribution >= 4 is 34.4 Å². The van der Waals surface area contributed by atoms with Gasteiger partial charge in [-0.05, 0) is 69.4 Å². The molecule has 1 saturated heterocycles. The average molecular weight is 448 g/mol. The van der Waals surface area contributed by atoms with Gasteiger partial charge in [-0.1, -0.05) is 12.1 Å². The SMILES string of the molecule is COc1ccc(Nc2ncc3nc(Nc4ccccc4F)n(C4CCN(C)CC4)c3n2)cc1. The highest BCUT2D eigenvalue weighted by molar-refractivity contribution is 5.77. The van der Waals surface area contributed by atoms with Crippen molar-refractivity contribution < 1.29 is 9.13 Å². The monoisotopic (exact) mass is 447 g/mol. The molecule has 4 aromatic rings. The zero-order valence-corrected chi connectivity index (χ0v) is 18.6. The molecular weight excluding hydrogens is 421 g/mol. The van der Waals surface area contributed by atoms with Crippen LogP contribution in [0.2, 0.25) is 0 Å². The highest BCUT2D eigenvalue weighted by atomic mass is 19.1. The summed E-state index contributed by atoms with van der Waals surface area (Å²) in [4.78, 5) is 16.3. The van der Waals surface area contributed by atoms with Gasteiger partial charge in [-0.15, -0.1) is 0 Å². The van der Waals surface area contributed by atoms with Crippen LogP contribution in [0.3, 0.4) is 0 Å². The summed E-state index contributed by atoms with van der Waals surface area (Å²) in [6.07, 6.45) is 3.62. The number of anilines is 4. The lowest BCUT2D eigenvalue weighted by Crippen LogP contribution is -2.31. The van der Waals surface area contributed by atoms with Crippen LogP contribution >= 0.6 is 0 Å². The average Bonchev–Trinajstić information content (AvgIpc) is 3.19. The van der Waals surface area contributed by atoms with Gasteiger partial charge < -0.3 is 20.3 Å². The predicted octanol–water partition coefficient (Wildman–Crippen LogP) is 4.73. The smallest absolute Gasteiger partial charge is 0.229 e. The van der Waals surface area contributed by atoms with Crippen molar-refractivity contribution in [2.75, 3.05) is 37.9 Å². The van der Waals surface area contributed by atoms with Gasteiger partial charge in [0.05, 0.1) is 19.0 Å².